The summed E-state index contributed by atoms with van der Waals surface area (Å²) in [5, 5.41) is 3.08. The first-order valence-corrected chi connectivity index (χ1v) is 9.42. The topological polar surface area (TPSA) is 64.7 Å². The molecule has 2 unspecified atom stereocenters. The summed E-state index contributed by atoms with van der Waals surface area (Å²) in [5.41, 5.74) is 2.51. The normalized spacial score (nSPS) is 13.4. The fraction of sp³-hybridized carbons (Fsp3) is 0.227. The average Bonchev–Trinajstić information content (AvgIpc) is 3.28. The Morgan fingerprint density at radius 2 is 1.86 bits per heavy atom. The second-order valence-corrected chi connectivity index (χ2v) is 7.08. The Kier molecular flexibility index (Phi) is 4.88. The molecule has 148 valence electrons. The van der Waals surface area contributed by atoms with E-state index in [1.54, 1.807) is 18.3 Å². The molecule has 2 heterocycles. The highest BCUT2D eigenvalue weighted by Crippen LogP contribution is 2.24. The van der Waals surface area contributed by atoms with Crippen molar-refractivity contribution in [2.75, 3.05) is 0 Å². The van der Waals surface area contributed by atoms with Crippen LogP contribution >= 0.6 is 0 Å². The van der Waals surface area contributed by atoms with Gasteiger partial charge in [-0.25, -0.2) is 14.4 Å². The number of hydrogen-bond acceptors (Lipinski definition) is 3. The van der Waals surface area contributed by atoms with Crippen LogP contribution in [0.1, 0.15) is 36.2 Å². The molecule has 6 nitrogen and oxygen atoms in total. The second kappa shape index (κ2) is 7.50. The highest BCUT2D eigenvalue weighted by molar-refractivity contribution is 5.84. The van der Waals surface area contributed by atoms with E-state index in [0.29, 0.717) is 5.82 Å². The van der Waals surface area contributed by atoms with Crippen molar-refractivity contribution in [1.82, 2.24) is 24.4 Å². The van der Waals surface area contributed by atoms with E-state index in [9.17, 15) is 9.18 Å². The minimum absolute atomic E-state index is 0.173. The van der Waals surface area contributed by atoms with Crippen LogP contribution in [-0.2, 0) is 11.8 Å². The monoisotopic (exact) mass is 391 g/mol. The van der Waals surface area contributed by atoms with Crippen molar-refractivity contribution in [3.8, 4) is 0 Å². The number of halogens is 1. The lowest BCUT2D eigenvalue weighted by Crippen LogP contribution is -2.36. The van der Waals surface area contributed by atoms with Crippen LogP contribution in [-0.4, -0.2) is 25.0 Å². The number of hydrogen-bond donors (Lipinski definition) is 1. The molecule has 1 amide bonds. The summed E-state index contributed by atoms with van der Waals surface area (Å²) >= 11 is 0. The quantitative estimate of drug-likeness (QED) is 0.564. The lowest BCUT2D eigenvalue weighted by Gasteiger charge is -2.23. The smallest absolute Gasteiger partial charge is 0.243 e. The molecule has 0 aliphatic heterocycles. The Morgan fingerprint density at radius 3 is 2.55 bits per heavy atom. The molecule has 2 aromatic carbocycles. The number of rotatable bonds is 5. The number of carbonyl (C=O) groups excluding carboxylic acids is 1. The summed E-state index contributed by atoms with van der Waals surface area (Å²) in [5.74, 6) is 0.940. The number of nitrogens with one attached hydrogen (secondary N) is 1. The molecule has 7 heteroatoms. The fourth-order valence-corrected chi connectivity index (χ4v) is 3.64. The third-order valence-corrected chi connectivity index (χ3v) is 5.15. The Balaban J connectivity index is 1.68. The van der Waals surface area contributed by atoms with Crippen LogP contribution in [0.4, 0.5) is 4.39 Å². The Hall–Kier alpha value is -3.48. The predicted molar refractivity (Wildman–Crippen MR) is 109 cm³/mol. The van der Waals surface area contributed by atoms with Crippen molar-refractivity contribution < 1.29 is 9.18 Å². The van der Waals surface area contributed by atoms with Crippen LogP contribution in [0.5, 0.6) is 0 Å². The number of nitrogens with zero attached hydrogens (tertiary/aromatic N) is 4. The summed E-state index contributed by atoms with van der Waals surface area (Å²) in [6.45, 7) is 3.73. The van der Waals surface area contributed by atoms with Gasteiger partial charge in [0.25, 0.3) is 0 Å². The molecule has 0 fully saturated rings. The van der Waals surface area contributed by atoms with Gasteiger partial charge < -0.3 is 14.5 Å². The van der Waals surface area contributed by atoms with Gasteiger partial charge in [-0.05, 0) is 43.7 Å². The molecule has 29 heavy (non-hydrogen) atoms. The molecule has 0 saturated heterocycles. The Labute approximate surface area is 168 Å². The summed E-state index contributed by atoms with van der Waals surface area (Å²) in [6, 6.07) is 12.9. The van der Waals surface area contributed by atoms with Gasteiger partial charge in [0, 0.05) is 19.4 Å². The van der Waals surface area contributed by atoms with Gasteiger partial charge in [-0.15, -0.1) is 0 Å². The summed E-state index contributed by atoms with van der Waals surface area (Å²) < 4.78 is 17.2. The number of carbonyl (C=O) groups is 1. The molecule has 0 saturated carbocycles. The van der Waals surface area contributed by atoms with Crippen molar-refractivity contribution in [3.05, 3.63) is 84.0 Å². The van der Waals surface area contributed by atoms with Gasteiger partial charge in [0.05, 0.1) is 11.0 Å². The highest BCUT2D eigenvalue weighted by atomic mass is 19.1. The third kappa shape index (κ3) is 3.51. The number of imidazole rings is 2. The third-order valence-electron chi connectivity index (χ3n) is 5.15. The Morgan fingerprint density at radius 1 is 1.14 bits per heavy atom. The Bertz CT molecular complexity index is 1160. The molecular formula is C22H22FN5O. The van der Waals surface area contributed by atoms with Crippen LogP contribution in [0.2, 0.25) is 0 Å². The maximum atomic E-state index is 13.4. The first kappa shape index (κ1) is 18.9. The highest BCUT2D eigenvalue weighted by Gasteiger charge is 2.26. The molecule has 4 rings (SSSR count). The minimum Gasteiger partial charge on any atom is -0.340 e. The first-order valence-electron chi connectivity index (χ1n) is 9.42. The molecule has 0 spiro atoms. The maximum Gasteiger partial charge on any atom is 0.243 e. The number of amides is 1. The number of aromatic nitrogens is 4. The van der Waals surface area contributed by atoms with E-state index in [-0.39, 0.29) is 11.7 Å². The fourth-order valence-electron chi connectivity index (χ4n) is 3.64. The number of fused-ring (bicyclic) bond motifs is 1. The van der Waals surface area contributed by atoms with E-state index in [2.05, 4.69) is 15.3 Å². The lowest BCUT2D eigenvalue weighted by atomic mass is 10.1. The van der Waals surface area contributed by atoms with Gasteiger partial charge in [-0.2, -0.15) is 0 Å². The van der Waals surface area contributed by atoms with Crippen molar-refractivity contribution in [1.29, 1.82) is 0 Å². The SMILES string of the molecule is Cc1nc2ccccc2n1C(C)C(=O)NC(c1ccc(F)cc1)c1nccn1C. The zero-order chi connectivity index (χ0) is 20.5. The summed E-state index contributed by atoms with van der Waals surface area (Å²) in [6.07, 6.45) is 3.49. The van der Waals surface area contributed by atoms with Crippen LogP contribution in [0.3, 0.4) is 0 Å². The largest absolute Gasteiger partial charge is 0.340 e. The number of para-hydroxylation sites is 2. The molecular weight excluding hydrogens is 369 g/mol. The summed E-state index contributed by atoms with van der Waals surface area (Å²) in [7, 11) is 1.86. The lowest BCUT2D eigenvalue weighted by molar-refractivity contribution is -0.124. The summed E-state index contributed by atoms with van der Waals surface area (Å²) in [4.78, 5) is 22.2. The van der Waals surface area contributed by atoms with E-state index in [1.807, 2.05) is 60.5 Å². The molecule has 0 bridgehead atoms. The van der Waals surface area contributed by atoms with E-state index in [4.69, 9.17) is 0 Å². The molecule has 2 atom stereocenters. The first-order chi connectivity index (χ1) is 14.0. The molecule has 1 N–H and O–H groups in total. The van der Waals surface area contributed by atoms with Gasteiger partial charge in [0.2, 0.25) is 5.91 Å². The average molecular weight is 391 g/mol. The van der Waals surface area contributed by atoms with Gasteiger partial charge in [-0.3, -0.25) is 4.79 Å². The van der Waals surface area contributed by atoms with E-state index in [1.165, 1.54) is 12.1 Å². The van der Waals surface area contributed by atoms with Crippen LogP contribution < -0.4 is 5.32 Å². The molecule has 2 aromatic heterocycles. The van der Waals surface area contributed by atoms with Gasteiger partial charge >= 0.3 is 0 Å². The van der Waals surface area contributed by atoms with Crippen LogP contribution in [0, 0.1) is 12.7 Å². The number of benzene rings is 2. The standard InChI is InChI=1S/C22H22FN5O/c1-14(28-15(2)25-18-6-4-5-7-19(18)28)22(29)26-20(21-24-12-13-27(21)3)16-8-10-17(23)11-9-16/h4-14,20H,1-3H3,(H,26,29). The van der Waals surface area contributed by atoms with Crippen LogP contribution in [0.15, 0.2) is 60.9 Å². The van der Waals surface area contributed by atoms with E-state index in [0.717, 1.165) is 22.4 Å². The zero-order valence-electron chi connectivity index (χ0n) is 16.5. The second-order valence-electron chi connectivity index (χ2n) is 7.08. The molecule has 0 radical (unpaired) electrons. The van der Waals surface area contributed by atoms with E-state index < -0.39 is 12.1 Å². The molecule has 0 aliphatic carbocycles. The van der Waals surface area contributed by atoms with Crippen LogP contribution in [0.25, 0.3) is 11.0 Å². The van der Waals surface area contributed by atoms with Crippen molar-refractivity contribution in [2.24, 2.45) is 7.05 Å². The zero-order valence-corrected chi connectivity index (χ0v) is 16.5. The van der Waals surface area contributed by atoms with Crippen molar-refractivity contribution in [2.45, 2.75) is 25.9 Å². The van der Waals surface area contributed by atoms with Crippen molar-refractivity contribution >= 4 is 16.9 Å². The van der Waals surface area contributed by atoms with E-state index >= 15 is 0 Å². The van der Waals surface area contributed by atoms with Gasteiger partial charge in [-0.1, -0.05) is 24.3 Å². The van der Waals surface area contributed by atoms with Gasteiger partial charge in [0.1, 0.15) is 29.5 Å². The van der Waals surface area contributed by atoms with Gasteiger partial charge in [0.15, 0.2) is 0 Å². The van der Waals surface area contributed by atoms with Crippen molar-refractivity contribution in [3.63, 3.8) is 0 Å². The number of aryl methyl sites for hydroxylation is 2. The molecule has 0 aliphatic rings. The molecule has 4 aromatic rings. The maximum absolute atomic E-state index is 13.4. The minimum atomic E-state index is -0.499. The predicted octanol–water partition coefficient (Wildman–Crippen LogP) is 3.68.